The first kappa shape index (κ1) is 25.5. The number of anilines is 2. The third-order valence-electron chi connectivity index (χ3n) is 6.12. The Morgan fingerprint density at radius 3 is 2.51 bits per heavy atom. The van der Waals surface area contributed by atoms with Gasteiger partial charge < -0.3 is 19.8 Å². The molecule has 3 aromatic rings. The number of methoxy groups -OCH3 is 1. The fraction of sp³-hybridized carbons (Fsp3) is 0.286. The Hall–Kier alpha value is -4.58. The van der Waals surface area contributed by atoms with Crippen LogP contribution in [0.5, 0.6) is 0 Å². The van der Waals surface area contributed by atoms with Gasteiger partial charge in [0.15, 0.2) is 0 Å². The third kappa shape index (κ3) is 6.55. The van der Waals surface area contributed by atoms with E-state index in [2.05, 4.69) is 20.1 Å². The van der Waals surface area contributed by atoms with Crippen LogP contribution in [0.1, 0.15) is 42.1 Å². The second kappa shape index (κ2) is 11.4. The van der Waals surface area contributed by atoms with Gasteiger partial charge in [-0.1, -0.05) is 18.7 Å². The zero-order valence-corrected chi connectivity index (χ0v) is 20.7. The van der Waals surface area contributed by atoms with Gasteiger partial charge in [0.25, 0.3) is 5.82 Å². The number of carbonyl (C=O) groups is 3. The molecule has 1 saturated carbocycles. The Labute approximate surface area is 215 Å². The van der Waals surface area contributed by atoms with Gasteiger partial charge in [-0.15, -0.1) is 4.98 Å². The second-order valence-electron chi connectivity index (χ2n) is 8.91. The fourth-order valence-electron chi connectivity index (χ4n) is 3.91. The van der Waals surface area contributed by atoms with Gasteiger partial charge in [-0.3, -0.25) is 14.6 Å². The van der Waals surface area contributed by atoms with E-state index in [1.807, 2.05) is 6.07 Å². The molecule has 9 nitrogen and oxygen atoms in total. The molecular formula is C28H27N5O4. The summed E-state index contributed by atoms with van der Waals surface area (Å²) in [7, 11) is 1.31. The standard InChI is InChI=1S/C28H27N5O4/c1-18(34)33(17-20-4-5-20)25-11-8-21(14-23(25)28(36)37-3)24-10-9-22(16-30-24)32-27(35)13-7-19-6-12-26(29-2)31-15-19/h6,8-12,14-16,20H,4-5,7,13,17H2,1,3H3,(H,32,35). The van der Waals surface area contributed by atoms with E-state index in [1.54, 1.807) is 53.7 Å². The number of amides is 2. The Balaban J connectivity index is 1.45. The predicted molar refractivity (Wildman–Crippen MR) is 139 cm³/mol. The van der Waals surface area contributed by atoms with Crippen LogP contribution in [0.4, 0.5) is 17.2 Å². The third-order valence-corrected chi connectivity index (χ3v) is 6.12. The number of aromatic nitrogens is 2. The summed E-state index contributed by atoms with van der Waals surface area (Å²) in [6.07, 6.45) is 6.08. The van der Waals surface area contributed by atoms with Crippen molar-refractivity contribution in [2.75, 3.05) is 23.9 Å². The zero-order valence-electron chi connectivity index (χ0n) is 20.7. The number of nitrogens with zero attached hydrogens (tertiary/aromatic N) is 4. The van der Waals surface area contributed by atoms with E-state index in [9.17, 15) is 14.4 Å². The van der Waals surface area contributed by atoms with E-state index in [4.69, 9.17) is 11.3 Å². The second-order valence-corrected chi connectivity index (χ2v) is 8.91. The van der Waals surface area contributed by atoms with Crippen molar-refractivity contribution in [1.82, 2.24) is 9.97 Å². The van der Waals surface area contributed by atoms with Crippen LogP contribution in [0.3, 0.4) is 0 Å². The lowest BCUT2D eigenvalue weighted by atomic mass is 10.0. The molecule has 0 aliphatic heterocycles. The number of nitrogens with one attached hydrogen (secondary N) is 1. The number of esters is 1. The molecule has 1 aliphatic carbocycles. The van der Waals surface area contributed by atoms with Crippen molar-refractivity contribution in [3.8, 4) is 11.3 Å². The number of pyridine rings is 2. The van der Waals surface area contributed by atoms with E-state index in [1.165, 1.54) is 14.0 Å². The lowest BCUT2D eigenvalue weighted by Crippen LogP contribution is -2.32. The van der Waals surface area contributed by atoms with Crippen molar-refractivity contribution in [2.45, 2.75) is 32.6 Å². The maximum atomic E-state index is 12.6. The van der Waals surface area contributed by atoms with Crippen LogP contribution in [0, 0.1) is 12.5 Å². The number of ether oxygens (including phenoxy) is 1. The van der Waals surface area contributed by atoms with Crippen LogP contribution in [-0.2, 0) is 20.7 Å². The maximum Gasteiger partial charge on any atom is 0.340 e. The first-order valence-corrected chi connectivity index (χ1v) is 12.0. The monoisotopic (exact) mass is 497 g/mol. The largest absolute Gasteiger partial charge is 0.465 e. The molecule has 0 bridgehead atoms. The topological polar surface area (TPSA) is 106 Å². The van der Waals surface area contributed by atoms with Crippen molar-refractivity contribution in [1.29, 1.82) is 0 Å². The number of carbonyl (C=O) groups excluding carboxylic acids is 3. The molecule has 0 unspecified atom stereocenters. The first-order chi connectivity index (χ1) is 17.9. The highest BCUT2D eigenvalue weighted by Gasteiger charge is 2.29. The van der Waals surface area contributed by atoms with Crippen LogP contribution in [-0.4, -0.2) is 41.4 Å². The van der Waals surface area contributed by atoms with Crippen molar-refractivity contribution >= 4 is 35.0 Å². The summed E-state index contributed by atoms with van der Waals surface area (Å²) < 4.78 is 4.99. The Kier molecular flexibility index (Phi) is 7.89. The smallest absolute Gasteiger partial charge is 0.340 e. The van der Waals surface area contributed by atoms with Crippen molar-refractivity contribution in [2.24, 2.45) is 5.92 Å². The Morgan fingerprint density at radius 2 is 1.92 bits per heavy atom. The molecule has 9 heteroatoms. The minimum absolute atomic E-state index is 0.125. The molecule has 1 aromatic carbocycles. The number of benzene rings is 1. The lowest BCUT2D eigenvalue weighted by molar-refractivity contribution is -0.117. The molecule has 4 rings (SSSR count). The van der Waals surface area contributed by atoms with Gasteiger partial charge in [-0.25, -0.2) is 4.79 Å². The van der Waals surface area contributed by atoms with Gasteiger partial charge in [0.05, 0.1) is 35.9 Å². The Bertz CT molecular complexity index is 1340. The Morgan fingerprint density at radius 1 is 1.11 bits per heavy atom. The predicted octanol–water partition coefficient (Wildman–Crippen LogP) is 4.82. The van der Waals surface area contributed by atoms with Gasteiger partial charge in [0, 0.05) is 25.5 Å². The molecule has 2 heterocycles. The highest BCUT2D eigenvalue weighted by molar-refractivity contribution is 6.03. The minimum atomic E-state index is -0.526. The van der Waals surface area contributed by atoms with E-state index >= 15 is 0 Å². The molecule has 188 valence electrons. The average Bonchev–Trinajstić information content (AvgIpc) is 3.75. The quantitative estimate of drug-likeness (QED) is 0.336. The summed E-state index contributed by atoms with van der Waals surface area (Å²) in [6.45, 7) is 9.01. The van der Waals surface area contributed by atoms with Crippen LogP contribution in [0.25, 0.3) is 16.1 Å². The van der Waals surface area contributed by atoms with Gasteiger partial charge in [-0.05, 0) is 61.1 Å². The molecule has 0 saturated heterocycles. The van der Waals surface area contributed by atoms with Gasteiger partial charge >= 0.3 is 5.97 Å². The van der Waals surface area contributed by atoms with Gasteiger partial charge in [0.2, 0.25) is 11.8 Å². The van der Waals surface area contributed by atoms with Gasteiger partial charge in [0.1, 0.15) is 6.20 Å². The zero-order chi connectivity index (χ0) is 26.4. The molecule has 2 amide bonds. The van der Waals surface area contributed by atoms with E-state index in [0.717, 1.165) is 18.4 Å². The van der Waals surface area contributed by atoms with E-state index in [0.29, 0.717) is 52.9 Å². The molecule has 0 atom stereocenters. The summed E-state index contributed by atoms with van der Waals surface area (Å²) in [5, 5.41) is 2.82. The van der Waals surface area contributed by atoms with Crippen LogP contribution in [0.2, 0.25) is 0 Å². The summed E-state index contributed by atoms with van der Waals surface area (Å²) in [5.74, 6) is -0.0370. The number of hydrogen-bond acceptors (Lipinski definition) is 6. The molecule has 0 radical (unpaired) electrons. The average molecular weight is 498 g/mol. The maximum absolute atomic E-state index is 12.6. The van der Waals surface area contributed by atoms with Crippen molar-refractivity contribution in [3.05, 3.63) is 77.4 Å². The van der Waals surface area contributed by atoms with E-state index < -0.39 is 5.97 Å². The molecule has 0 spiro atoms. The molecule has 1 fully saturated rings. The van der Waals surface area contributed by atoms with Crippen molar-refractivity contribution < 1.29 is 19.1 Å². The van der Waals surface area contributed by atoms with Gasteiger partial charge in [-0.2, -0.15) is 0 Å². The number of rotatable bonds is 9. The lowest BCUT2D eigenvalue weighted by Gasteiger charge is -2.23. The van der Waals surface area contributed by atoms with Crippen LogP contribution < -0.4 is 10.2 Å². The van der Waals surface area contributed by atoms with E-state index in [-0.39, 0.29) is 18.2 Å². The first-order valence-electron chi connectivity index (χ1n) is 12.0. The molecule has 1 aliphatic rings. The fourth-order valence-corrected chi connectivity index (χ4v) is 3.91. The number of aryl methyl sites for hydroxylation is 1. The minimum Gasteiger partial charge on any atom is -0.465 e. The summed E-state index contributed by atoms with van der Waals surface area (Å²) in [6, 6.07) is 12.2. The SMILES string of the molecule is [C-]#[N+]c1ccc(CCC(=O)Nc2ccc(-c3ccc(N(CC4CC4)C(C)=O)c(C(=O)OC)c3)nc2)cn1. The summed E-state index contributed by atoms with van der Waals surface area (Å²) in [4.78, 5) is 50.6. The highest BCUT2D eigenvalue weighted by Crippen LogP contribution is 2.34. The normalized spacial score (nSPS) is 12.4. The van der Waals surface area contributed by atoms with Crippen LogP contribution >= 0.6 is 0 Å². The molecule has 37 heavy (non-hydrogen) atoms. The summed E-state index contributed by atoms with van der Waals surface area (Å²) in [5.41, 5.74) is 3.55. The van der Waals surface area contributed by atoms with Crippen LogP contribution in [0.15, 0.2) is 54.9 Å². The van der Waals surface area contributed by atoms with Crippen molar-refractivity contribution in [3.63, 3.8) is 0 Å². The molecular weight excluding hydrogens is 470 g/mol. The molecule has 1 N–H and O–H groups in total. The summed E-state index contributed by atoms with van der Waals surface area (Å²) >= 11 is 0. The number of hydrogen-bond donors (Lipinski definition) is 1. The molecule has 2 aromatic heterocycles. The highest BCUT2D eigenvalue weighted by atomic mass is 16.5.